The summed E-state index contributed by atoms with van der Waals surface area (Å²) in [4.78, 5) is 6.98. The average Bonchev–Trinajstić information content (AvgIpc) is 2.32. The molecule has 0 aliphatic carbocycles. The lowest BCUT2D eigenvalue weighted by molar-refractivity contribution is 0.130. The number of hydrogen-bond donors (Lipinski definition) is 1. The molecule has 0 saturated carbocycles. The van der Waals surface area contributed by atoms with Gasteiger partial charge in [-0.05, 0) is 37.9 Å². The third-order valence-electron chi connectivity index (χ3n) is 3.56. The molecule has 2 rings (SSSR count). The minimum atomic E-state index is 0.631. The molecule has 1 atom stereocenters. The molecule has 0 bridgehead atoms. The van der Waals surface area contributed by atoms with Gasteiger partial charge in [0.05, 0.1) is 5.69 Å². The van der Waals surface area contributed by atoms with Gasteiger partial charge in [0.15, 0.2) is 0 Å². The molecule has 94 valence electrons. The lowest BCUT2D eigenvalue weighted by atomic mass is 9.98. The molecule has 17 heavy (non-hydrogen) atoms. The summed E-state index contributed by atoms with van der Waals surface area (Å²) in [6.07, 6.45) is 6.62. The van der Waals surface area contributed by atoms with Crippen molar-refractivity contribution in [1.29, 1.82) is 0 Å². The molecule has 1 fully saturated rings. The molecule has 1 saturated heterocycles. The van der Waals surface area contributed by atoms with E-state index in [0.29, 0.717) is 5.82 Å². The number of nitrogens with zero attached hydrogens (tertiary/aromatic N) is 2. The van der Waals surface area contributed by atoms with Gasteiger partial charge in [0.1, 0.15) is 5.82 Å². The van der Waals surface area contributed by atoms with Gasteiger partial charge < -0.3 is 5.73 Å². The van der Waals surface area contributed by atoms with Crippen molar-refractivity contribution in [3.63, 3.8) is 0 Å². The molecule has 0 spiro atoms. The van der Waals surface area contributed by atoms with E-state index in [1.165, 1.54) is 38.6 Å². The zero-order chi connectivity index (χ0) is 12.1. The lowest BCUT2D eigenvalue weighted by Crippen LogP contribution is -2.39. The second-order valence-electron chi connectivity index (χ2n) is 4.96. The Kier molecular flexibility index (Phi) is 4.37. The number of aromatic nitrogens is 1. The number of nitrogen functional groups attached to an aromatic ring is 1. The van der Waals surface area contributed by atoms with Gasteiger partial charge in [0.2, 0.25) is 0 Å². The topological polar surface area (TPSA) is 42.1 Å². The molecule has 1 aromatic rings. The highest BCUT2D eigenvalue weighted by molar-refractivity contribution is 5.28. The van der Waals surface area contributed by atoms with Crippen LogP contribution in [0.4, 0.5) is 5.82 Å². The molecule has 1 aliphatic rings. The van der Waals surface area contributed by atoms with Crippen molar-refractivity contribution in [2.45, 2.75) is 51.6 Å². The standard InChI is InChI=1S/C14H23N3/c1-2-6-13-8-3-4-10-17(13)11-12-7-5-9-14(15)16-12/h5,7,9,13H,2-4,6,8,10-11H2,1H3,(H2,15,16). The molecule has 2 N–H and O–H groups in total. The summed E-state index contributed by atoms with van der Waals surface area (Å²) in [7, 11) is 0. The maximum Gasteiger partial charge on any atom is 0.123 e. The van der Waals surface area contributed by atoms with Gasteiger partial charge in [0.25, 0.3) is 0 Å². The monoisotopic (exact) mass is 233 g/mol. The summed E-state index contributed by atoms with van der Waals surface area (Å²) >= 11 is 0. The fourth-order valence-corrected chi connectivity index (χ4v) is 2.72. The molecule has 1 aromatic heterocycles. The summed E-state index contributed by atoms with van der Waals surface area (Å²) < 4.78 is 0. The Balaban J connectivity index is 2.00. The van der Waals surface area contributed by atoms with Gasteiger partial charge in [-0.2, -0.15) is 0 Å². The van der Waals surface area contributed by atoms with Crippen LogP contribution in [0.2, 0.25) is 0 Å². The Morgan fingerprint density at radius 3 is 3.06 bits per heavy atom. The number of pyridine rings is 1. The molecule has 3 nitrogen and oxygen atoms in total. The van der Waals surface area contributed by atoms with E-state index >= 15 is 0 Å². The van der Waals surface area contributed by atoms with E-state index < -0.39 is 0 Å². The van der Waals surface area contributed by atoms with E-state index in [-0.39, 0.29) is 0 Å². The zero-order valence-electron chi connectivity index (χ0n) is 10.7. The van der Waals surface area contributed by atoms with Crippen LogP contribution in [0.15, 0.2) is 18.2 Å². The van der Waals surface area contributed by atoms with E-state index in [1.54, 1.807) is 0 Å². The molecule has 1 unspecified atom stereocenters. The summed E-state index contributed by atoms with van der Waals surface area (Å²) in [5, 5.41) is 0. The molecule has 1 aliphatic heterocycles. The van der Waals surface area contributed by atoms with Crippen molar-refractivity contribution in [3.05, 3.63) is 23.9 Å². The molecule has 0 amide bonds. The fraction of sp³-hybridized carbons (Fsp3) is 0.643. The van der Waals surface area contributed by atoms with E-state index in [2.05, 4.69) is 22.9 Å². The summed E-state index contributed by atoms with van der Waals surface area (Å²) in [6, 6.07) is 6.67. The van der Waals surface area contributed by atoms with Crippen LogP contribution in [-0.4, -0.2) is 22.5 Å². The Morgan fingerprint density at radius 1 is 1.41 bits per heavy atom. The predicted molar refractivity (Wildman–Crippen MR) is 71.6 cm³/mol. The van der Waals surface area contributed by atoms with Gasteiger partial charge >= 0.3 is 0 Å². The van der Waals surface area contributed by atoms with E-state index in [1.807, 2.05) is 12.1 Å². The molecule has 3 heteroatoms. The van der Waals surface area contributed by atoms with Crippen LogP contribution < -0.4 is 5.73 Å². The fourth-order valence-electron chi connectivity index (χ4n) is 2.72. The first kappa shape index (κ1) is 12.4. The zero-order valence-corrected chi connectivity index (χ0v) is 10.7. The van der Waals surface area contributed by atoms with Gasteiger partial charge in [-0.1, -0.05) is 25.8 Å². The highest BCUT2D eigenvalue weighted by atomic mass is 15.2. The van der Waals surface area contributed by atoms with Crippen molar-refractivity contribution in [3.8, 4) is 0 Å². The van der Waals surface area contributed by atoms with E-state index in [4.69, 9.17) is 5.73 Å². The van der Waals surface area contributed by atoms with Crippen LogP contribution >= 0.6 is 0 Å². The van der Waals surface area contributed by atoms with Crippen LogP contribution in [0.1, 0.15) is 44.7 Å². The van der Waals surface area contributed by atoms with Crippen molar-refractivity contribution in [1.82, 2.24) is 9.88 Å². The molecular weight excluding hydrogens is 210 g/mol. The second-order valence-corrected chi connectivity index (χ2v) is 4.96. The molecular formula is C14H23N3. The quantitative estimate of drug-likeness (QED) is 0.869. The van der Waals surface area contributed by atoms with Crippen LogP contribution in [0, 0.1) is 0 Å². The smallest absolute Gasteiger partial charge is 0.123 e. The normalized spacial score (nSPS) is 21.6. The van der Waals surface area contributed by atoms with Crippen molar-refractivity contribution in [2.24, 2.45) is 0 Å². The molecule has 2 heterocycles. The van der Waals surface area contributed by atoms with Crippen LogP contribution in [0.5, 0.6) is 0 Å². The Hall–Kier alpha value is -1.09. The van der Waals surface area contributed by atoms with Crippen LogP contribution in [-0.2, 0) is 6.54 Å². The number of likely N-dealkylation sites (tertiary alicyclic amines) is 1. The lowest BCUT2D eigenvalue weighted by Gasteiger charge is -2.35. The number of rotatable bonds is 4. The van der Waals surface area contributed by atoms with Gasteiger partial charge in [-0.3, -0.25) is 4.90 Å². The SMILES string of the molecule is CCCC1CCCCN1Cc1cccc(N)n1. The highest BCUT2D eigenvalue weighted by Gasteiger charge is 2.21. The number of anilines is 1. The predicted octanol–water partition coefficient (Wildman–Crippen LogP) is 2.82. The Labute approximate surface area is 104 Å². The third-order valence-corrected chi connectivity index (χ3v) is 3.56. The summed E-state index contributed by atoms with van der Waals surface area (Å²) in [5.41, 5.74) is 6.83. The van der Waals surface area contributed by atoms with E-state index in [9.17, 15) is 0 Å². The largest absolute Gasteiger partial charge is 0.384 e. The first-order chi connectivity index (χ1) is 8.29. The van der Waals surface area contributed by atoms with Crippen molar-refractivity contribution < 1.29 is 0 Å². The average molecular weight is 233 g/mol. The van der Waals surface area contributed by atoms with Gasteiger partial charge in [0, 0.05) is 12.6 Å². The highest BCUT2D eigenvalue weighted by Crippen LogP contribution is 2.22. The summed E-state index contributed by atoms with van der Waals surface area (Å²) in [5.74, 6) is 0.631. The number of piperidine rings is 1. The number of nitrogens with two attached hydrogens (primary N) is 1. The first-order valence-electron chi connectivity index (χ1n) is 6.75. The third kappa shape index (κ3) is 3.43. The Morgan fingerprint density at radius 2 is 2.29 bits per heavy atom. The molecule has 0 radical (unpaired) electrons. The van der Waals surface area contributed by atoms with Gasteiger partial charge in [-0.25, -0.2) is 4.98 Å². The van der Waals surface area contributed by atoms with Crippen molar-refractivity contribution >= 4 is 5.82 Å². The minimum absolute atomic E-state index is 0.631. The maximum atomic E-state index is 5.73. The van der Waals surface area contributed by atoms with Crippen molar-refractivity contribution in [2.75, 3.05) is 12.3 Å². The maximum absolute atomic E-state index is 5.73. The second kappa shape index (κ2) is 6.01. The molecule has 0 aromatic carbocycles. The first-order valence-corrected chi connectivity index (χ1v) is 6.75. The number of hydrogen-bond acceptors (Lipinski definition) is 3. The minimum Gasteiger partial charge on any atom is -0.384 e. The van der Waals surface area contributed by atoms with Crippen LogP contribution in [0.3, 0.4) is 0 Å². The Bertz CT molecular complexity index is 349. The van der Waals surface area contributed by atoms with Crippen LogP contribution in [0.25, 0.3) is 0 Å². The van der Waals surface area contributed by atoms with E-state index in [0.717, 1.165) is 18.3 Å². The van der Waals surface area contributed by atoms with Gasteiger partial charge in [-0.15, -0.1) is 0 Å². The summed E-state index contributed by atoms with van der Waals surface area (Å²) in [6.45, 7) is 4.43.